The van der Waals surface area contributed by atoms with E-state index < -0.39 is 0 Å². The van der Waals surface area contributed by atoms with Gasteiger partial charge in [-0.25, -0.2) is 0 Å². The molecule has 54 valence electrons. The summed E-state index contributed by atoms with van der Waals surface area (Å²) >= 11 is 2.11. The van der Waals surface area contributed by atoms with Crippen LogP contribution in [-0.2, 0) is 0 Å². The molecule has 0 amide bonds. The normalized spacial score (nSPS) is 29.0. The zero-order chi connectivity index (χ0) is 6.91. The Morgan fingerprint density at radius 1 is 1.33 bits per heavy atom. The van der Waals surface area contributed by atoms with Crippen molar-refractivity contribution in [2.45, 2.75) is 27.2 Å². The first kappa shape index (κ1) is 7.46. The van der Waals surface area contributed by atoms with Gasteiger partial charge in [0, 0.05) is 0 Å². The fraction of sp³-hybridized carbons (Fsp3) is 1.00. The third-order valence-corrected chi connectivity index (χ3v) is 3.32. The summed E-state index contributed by atoms with van der Waals surface area (Å²) in [5.74, 6) is 3.76. The van der Waals surface area contributed by atoms with Crippen LogP contribution >= 0.6 is 11.8 Å². The van der Waals surface area contributed by atoms with Crippen LogP contribution in [0.4, 0.5) is 0 Å². The molecule has 0 radical (unpaired) electrons. The maximum absolute atomic E-state index is 2.35. The number of thioether (sulfide) groups is 1. The second-order valence-electron chi connectivity index (χ2n) is 3.93. The second kappa shape index (κ2) is 2.53. The predicted octanol–water partition coefficient (Wildman–Crippen LogP) is 2.79. The van der Waals surface area contributed by atoms with E-state index in [1.165, 1.54) is 17.9 Å². The molecule has 0 saturated carbocycles. The molecule has 1 rings (SSSR count). The molecule has 1 aliphatic rings. The van der Waals surface area contributed by atoms with E-state index in [0.717, 1.165) is 5.92 Å². The van der Waals surface area contributed by atoms with Crippen molar-refractivity contribution in [3.63, 3.8) is 0 Å². The van der Waals surface area contributed by atoms with E-state index in [4.69, 9.17) is 0 Å². The molecule has 0 aromatic rings. The lowest BCUT2D eigenvalue weighted by Gasteiger charge is -2.25. The molecule has 0 nitrogen and oxygen atoms in total. The molecule has 0 aromatic heterocycles. The van der Waals surface area contributed by atoms with E-state index in [1.807, 2.05) is 0 Å². The summed E-state index contributed by atoms with van der Waals surface area (Å²) in [6.07, 6.45) is 1.44. The number of hydrogen-bond acceptors (Lipinski definition) is 1. The quantitative estimate of drug-likeness (QED) is 0.504. The van der Waals surface area contributed by atoms with E-state index in [9.17, 15) is 0 Å². The van der Waals surface area contributed by atoms with Crippen molar-refractivity contribution in [2.75, 3.05) is 11.5 Å². The van der Waals surface area contributed by atoms with E-state index in [1.54, 1.807) is 0 Å². The first-order valence-electron chi connectivity index (χ1n) is 3.68. The molecule has 0 aromatic carbocycles. The molecular formula is C8H16S. The van der Waals surface area contributed by atoms with Gasteiger partial charge in [-0.15, -0.1) is 0 Å². The smallest absolute Gasteiger partial charge is 0.00338 e. The average molecular weight is 144 g/mol. The van der Waals surface area contributed by atoms with Crippen LogP contribution in [0.2, 0.25) is 0 Å². The Kier molecular flexibility index (Phi) is 2.10. The summed E-state index contributed by atoms with van der Waals surface area (Å²) in [6, 6.07) is 0. The largest absolute Gasteiger partial charge is 0.162 e. The van der Waals surface area contributed by atoms with Crippen molar-refractivity contribution in [1.29, 1.82) is 0 Å². The Morgan fingerprint density at radius 2 is 2.00 bits per heavy atom. The average Bonchev–Trinajstić information content (AvgIpc) is 2.08. The highest BCUT2D eigenvalue weighted by Gasteiger charge is 2.27. The summed E-state index contributed by atoms with van der Waals surface area (Å²) < 4.78 is 0. The van der Waals surface area contributed by atoms with Crippen LogP contribution in [0.1, 0.15) is 27.2 Å². The minimum absolute atomic E-state index is 0.559. The van der Waals surface area contributed by atoms with Crippen LogP contribution < -0.4 is 0 Å². The zero-order valence-corrected chi connectivity index (χ0v) is 7.42. The Balaban J connectivity index is 2.42. The number of rotatable bonds is 0. The summed E-state index contributed by atoms with van der Waals surface area (Å²) in [7, 11) is 0. The van der Waals surface area contributed by atoms with Gasteiger partial charge in [-0.1, -0.05) is 20.8 Å². The second-order valence-corrected chi connectivity index (χ2v) is 5.08. The zero-order valence-electron chi connectivity index (χ0n) is 6.61. The minimum Gasteiger partial charge on any atom is -0.162 e. The third-order valence-electron chi connectivity index (χ3n) is 2.15. The molecule has 9 heavy (non-hydrogen) atoms. The van der Waals surface area contributed by atoms with Crippen molar-refractivity contribution in [2.24, 2.45) is 11.3 Å². The van der Waals surface area contributed by atoms with Crippen molar-refractivity contribution >= 4 is 11.8 Å². The van der Waals surface area contributed by atoms with Gasteiger partial charge in [0.2, 0.25) is 0 Å². The molecule has 1 saturated heterocycles. The Morgan fingerprint density at radius 3 is 2.22 bits per heavy atom. The van der Waals surface area contributed by atoms with Crippen molar-refractivity contribution in [3.05, 3.63) is 0 Å². The summed E-state index contributed by atoms with van der Waals surface area (Å²) in [4.78, 5) is 0. The van der Waals surface area contributed by atoms with Crippen molar-refractivity contribution in [1.82, 2.24) is 0 Å². The highest BCUT2D eigenvalue weighted by Crippen LogP contribution is 2.37. The SMILES string of the molecule is CC(C)(C)[C@H]1CCSC1. The first-order valence-corrected chi connectivity index (χ1v) is 4.84. The van der Waals surface area contributed by atoms with E-state index >= 15 is 0 Å². The highest BCUT2D eigenvalue weighted by molar-refractivity contribution is 7.99. The number of hydrogen-bond donors (Lipinski definition) is 0. The molecule has 1 atom stereocenters. The molecule has 1 heteroatoms. The molecule has 0 unspecified atom stereocenters. The van der Waals surface area contributed by atoms with E-state index in [2.05, 4.69) is 32.5 Å². The highest BCUT2D eigenvalue weighted by atomic mass is 32.2. The summed E-state index contributed by atoms with van der Waals surface area (Å²) in [5, 5.41) is 0. The Labute approximate surface area is 62.4 Å². The summed E-state index contributed by atoms with van der Waals surface area (Å²) in [5.41, 5.74) is 0.559. The molecule has 1 fully saturated rings. The Bertz CT molecular complexity index is 85.2. The minimum atomic E-state index is 0.559. The first-order chi connectivity index (χ1) is 4.11. The molecular weight excluding hydrogens is 128 g/mol. The monoisotopic (exact) mass is 144 g/mol. The lowest BCUT2D eigenvalue weighted by molar-refractivity contribution is 0.268. The third kappa shape index (κ3) is 1.89. The maximum Gasteiger partial charge on any atom is -0.00338 e. The molecule has 1 heterocycles. The maximum atomic E-state index is 2.35. The summed E-state index contributed by atoms with van der Waals surface area (Å²) in [6.45, 7) is 7.05. The molecule has 0 aliphatic carbocycles. The fourth-order valence-corrected chi connectivity index (χ4v) is 2.79. The van der Waals surface area contributed by atoms with Crippen LogP contribution in [-0.4, -0.2) is 11.5 Å². The van der Waals surface area contributed by atoms with Crippen LogP contribution in [0.3, 0.4) is 0 Å². The van der Waals surface area contributed by atoms with E-state index in [-0.39, 0.29) is 0 Å². The lowest BCUT2D eigenvalue weighted by Crippen LogP contribution is -2.19. The van der Waals surface area contributed by atoms with Gasteiger partial charge in [0.25, 0.3) is 0 Å². The topological polar surface area (TPSA) is 0 Å². The van der Waals surface area contributed by atoms with Gasteiger partial charge in [0.15, 0.2) is 0 Å². The molecule has 1 aliphatic heterocycles. The van der Waals surface area contributed by atoms with Gasteiger partial charge in [0.1, 0.15) is 0 Å². The van der Waals surface area contributed by atoms with Gasteiger partial charge in [-0.3, -0.25) is 0 Å². The van der Waals surface area contributed by atoms with Gasteiger partial charge in [-0.2, -0.15) is 11.8 Å². The van der Waals surface area contributed by atoms with Gasteiger partial charge >= 0.3 is 0 Å². The van der Waals surface area contributed by atoms with Gasteiger partial charge in [0.05, 0.1) is 0 Å². The fourth-order valence-electron chi connectivity index (χ4n) is 1.22. The van der Waals surface area contributed by atoms with Crippen LogP contribution in [0, 0.1) is 11.3 Å². The van der Waals surface area contributed by atoms with Crippen molar-refractivity contribution < 1.29 is 0 Å². The van der Waals surface area contributed by atoms with Crippen LogP contribution in [0.15, 0.2) is 0 Å². The predicted molar refractivity (Wildman–Crippen MR) is 44.9 cm³/mol. The van der Waals surface area contributed by atoms with Crippen molar-refractivity contribution in [3.8, 4) is 0 Å². The van der Waals surface area contributed by atoms with Crippen LogP contribution in [0.25, 0.3) is 0 Å². The Hall–Kier alpha value is 0.350. The van der Waals surface area contributed by atoms with Gasteiger partial charge in [-0.05, 0) is 29.3 Å². The molecule has 0 N–H and O–H groups in total. The lowest BCUT2D eigenvalue weighted by atomic mass is 9.81. The molecule has 0 spiro atoms. The van der Waals surface area contributed by atoms with E-state index in [0.29, 0.717) is 5.41 Å². The standard InChI is InChI=1S/C8H16S/c1-8(2,3)7-4-5-9-6-7/h7H,4-6H2,1-3H3/t7-/m0/s1. The van der Waals surface area contributed by atoms with Gasteiger partial charge < -0.3 is 0 Å². The van der Waals surface area contributed by atoms with Crippen LogP contribution in [0.5, 0.6) is 0 Å². The molecule has 0 bridgehead atoms.